The van der Waals surface area contributed by atoms with E-state index in [2.05, 4.69) is 5.29 Å². The Bertz CT molecular complexity index is 207. The summed E-state index contributed by atoms with van der Waals surface area (Å²) in [5.74, 6) is -0.535. The van der Waals surface area contributed by atoms with E-state index in [-0.39, 0.29) is 46.7 Å². The molecule has 1 aliphatic heterocycles. The average molecular weight is 210 g/mol. The standard InChI is InChI=1S/C6H11N4O3.Na/c7-6(11)5-1-3-9(4-2-5)10(13)8-12;/h5H,1-4H2,(H2,7,11);/q-1;+1. The number of nitrogens with two attached hydrogens (primary N) is 1. The summed E-state index contributed by atoms with van der Waals surface area (Å²) in [6.45, 7) is 0.700. The van der Waals surface area contributed by atoms with Gasteiger partial charge in [0.05, 0.1) is 5.29 Å². The molecule has 0 atom stereocenters. The number of rotatable bonds is 3. The van der Waals surface area contributed by atoms with Gasteiger partial charge in [0.2, 0.25) is 5.91 Å². The number of hydrazine groups is 1. The van der Waals surface area contributed by atoms with Crippen molar-refractivity contribution in [2.45, 2.75) is 12.8 Å². The number of nitroso groups, excluding NO2 is 1. The Morgan fingerprint density at radius 3 is 2.36 bits per heavy atom. The summed E-state index contributed by atoms with van der Waals surface area (Å²) in [6, 6.07) is 0. The Kier molecular flexibility index (Phi) is 6.21. The van der Waals surface area contributed by atoms with Gasteiger partial charge in [0.1, 0.15) is 0 Å². The number of carbonyl (C=O) groups excluding carboxylic acids is 1. The van der Waals surface area contributed by atoms with Crippen LogP contribution in [0.25, 0.3) is 0 Å². The quantitative estimate of drug-likeness (QED) is 0.297. The van der Waals surface area contributed by atoms with E-state index in [9.17, 15) is 14.9 Å². The third kappa shape index (κ3) is 3.50. The van der Waals surface area contributed by atoms with Crippen molar-refractivity contribution in [3.63, 3.8) is 0 Å². The maximum Gasteiger partial charge on any atom is 1.00 e. The zero-order valence-corrected chi connectivity index (χ0v) is 10.0. The second kappa shape index (κ2) is 6.31. The monoisotopic (exact) mass is 210 g/mol. The molecule has 1 heterocycles. The summed E-state index contributed by atoms with van der Waals surface area (Å²) < 4.78 is 0. The molecule has 0 aromatic carbocycles. The molecule has 1 saturated heterocycles. The van der Waals surface area contributed by atoms with Gasteiger partial charge in [-0.3, -0.25) is 10.1 Å². The van der Waals surface area contributed by atoms with Crippen LogP contribution in [0.1, 0.15) is 12.8 Å². The van der Waals surface area contributed by atoms with E-state index in [1.165, 1.54) is 5.01 Å². The fourth-order valence-corrected chi connectivity index (χ4v) is 1.37. The number of nitrogens with zero attached hydrogens (tertiary/aromatic N) is 3. The van der Waals surface area contributed by atoms with Crippen LogP contribution in [-0.4, -0.2) is 29.3 Å². The second-order valence-corrected chi connectivity index (χ2v) is 2.96. The molecule has 0 saturated carbocycles. The van der Waals surface area contributed by atoms with Crippen LogP contribution in [0, 0.1) is 16.0 Å². The molecule has 0 unspecified atom stereocenters. The molecule has 1 aliphatic rings. The van der Waals surface area contributed by atoms with Crippen LogP contribution < -0.4 is 35.3 Å². The van der Waals surface area contributed by atoms with Crippen molar-refractivity contribution in [2.24, 2.45) is 16.9 Å². The molecule has 0 radical (unpaired) electrons. The van der Waals surface area contributed by atoms with Crippen LogP contribution in [0.15, 0.2) is 5.29 Å². The normalized spacial score (nSPS) is 18.4. The van der Waals surface area contributed by atoms with Gasteiger partial charge in [-0.25, -0.2) is 5.01 Å². The first kappa shape index (κ1) is 13.8. The molecular weight excluding hydrogens is 199 g/mol. The van der Waals surface area contributed by atoms with Crippen LogP contribution in [0.5, 0.6) is 0 Å². The first-order valence-corrected chi connectivity index (χ1v) is 4.00. The Hall–Kier alpha value is -0.210. The largest absolute Gasteiger partial charge is 1.00 e. The van der Waals surface area contributed by atoms with Gasteiger partial charge in [-0.15, -0.1) is 4.91 Å². The van der Waals surface area contributed by atoms with Gasteiger partial charge in [-0.05, 0) is 12.8 Å². The summed E-state index contributed by atoms with van der Waals surface area (Å²) in [6.07, 6.45) is 1.01. The molecule has 0 bridgehead atoms. The molecule has 74 valence electrons. The minimum absolute atomic E-state index is 0. The number of primary amides is 1. The first-order valence-electron chi connectivity index (χ1n) is 4.00. The summed E-state index contributed by atoms with van der Waals surface area (Å²) in [5.41, 5.74) is 5.09. The summed E-state index contributed by atoms with van der Waals surface area (Å²) in [4.78, 5) is 20.6. The fourth-order valence-electron chi connectivity index (χ4n) is 1.37. The van der Waals surface area contributed by atoms with Gasteiger partial charge in [-0.2, -0.15) is 0 Å². The smallest absolute Gasteiger partial charge is 0.724 e. The van der Waals surface area contributed by atoms with Gasteiger partial charge in [0.25, 0.3) is 0 Å². The molecule has 14 heavy (non-hydrogen) atoms. The van der Waals surface area contributed by atoms with E-state index >= 15 is 0 Å². The molecule has 1 rings (SSSR count). The number of piperidine rings is 1. The van der Waals surface area contributed by atoms with Crippen molar-refractivity contribution in [2.75, 3.05) is 13.1 Å². The summed E-state index contributed by atoms with van der Waals surface area (Å²) >= 11 is 0. The Balaban J connectivity index is 0.00000169. The molecule has 0 aromatic heterocycles. The summed E-state index contributed by atoms with van der Waals surface area (Å²) in [5, 5.41) is 14.2. The van der Waals surface area contributed by atoms with Crippen LogP contribution >= 0.6 is 0 Å². The van der Waals surface area contributed by atoms with E-state index in [4.69, 9.17) is 5.73 Å². The molecule has 1 fully saturated rings. The first-order chi connectivity index (χ1) is 6.15. The van der Waals surface area contributed by atoms with Crippen LogP contribution in [-0.2, 0) is 4.79 Å². The van der Waals surface area contributed by atoms with Crippen LogP contribution in [0.4, 0.5) is 0 Å². The molecule has 8 heteroatoms. The predicted molar refractivity (Wildman–Crippen MR) is 44.5 cm³/mol. The fraction of sp³-hybridized carbons (Fsp3) is 0.833. The van der Waals surface area contributed by atoms with E-state index < -0.39 is 0 Å². The molecule has 7 nitrogen and oxygen atoms in total. The average Bonchev–Trinajstić information content (AvgIpc) is 2.17. The minimum Gasteiger partial charge on any atom is -0.724 e. The number of carbonyl (C=O) groups is 1. The van der Waals surface area contributed by atoms with Crippen LogP contribution in [0.2, 0.25) is 0 Å². The molecule has 0 aliphatic carbocycles. The van der Waals surface area contributed by atoms with Gasteiger partial charge < -0.3 is 10.9 Å². The number of hydrogen-bond donors (Lipinski definition) is 1. The molecule has 0 spiro atoms. The van der Waals surface area contributed by atoms with E-state index in [1.807, 2.05) is 0 Å². The number of amides is 1. The Labute approximate surface area is 103 Å². The maximum atomic E-state index is 10.7. The Morgan fingerprint density at radius 1 is 1.50 bits per heavy atom. The van der Waals surface area contributed by atoms with Gasteiger partial charge in [0.15, 0.2) is 0 Å². The zero-order chi connectivity index (χ0) is 9.84. The third-order valence-corrected chi connectivity index (χ3v) is 2.19. The van der Waals surface area contributed by atoms with Crippen molar-refractivity contribution in [1.29, 1.82) is 0 Å². The number of hydrogen-bond acceptors (Lipinski definition) is 5. The van der Waals surface area contributed by atoms with Crippen LogP contribution in [0.3, 0.4) is 0 Å². The molecule has 1 amide bonds. The second-order valence-electron chi connectivity index (χ2n) is 2.96. The molecular formula is C6H11N4NaO3. The Morgan fingerprint density at radius 2 is 2.00 bits per heavy atom. The molecule has 2 N–H and O–H groups in total. The maximum absolute atomic E-state index is 10.7. The van der Waals surface area contributed by atoms with E-state index in [0.29, 0.717) is 25.9 Å². The topological polar surface area (TPSA) is 102 Å². The zero-order valence-electron chi connectivity index (χ0n) is 8.05. The summed E-state index contributed by atoms with van der Waals surface area (Å²) in [7, 11) is 0. The SMILES string of the molecule is NC(=O)C1CCN(N([O-])N=O)CC1.[Na+]. The van der Waals surface area contributed by atoms with Crippen molar-refractivity contribution >= 4 is 5.91 Å². The van der Waals surface area contributed by atoms with Gasteiger partial charge in [-0.1, -0.05) is 0 Å². The van der Waals surface area contributed by atoms with E-state index in [0.717, 1.165) is 0 Å². The van der Waals surface area contributed by atoms with Crippen molar-refractivity contribution in [3.8, 4) is 0 Å². The van der Waals surface area contributed by atoms with Crippen molar-refractivity contribution in [1.82, 2.24) is 10.3 Å². The third-order valence-electron chi connectivity index (χ3n) is 2.19. The van der Waals surface area contributed by atoms with Gasteiger partial charge >= 0.3 is 29.6 Å². The predicted octanol–water partition coefficient (Wildman–Crippen LogP) is -3.42. The van der Waals surface area contributed by atoms with Crippen molar-refractivity contribution < 1.29 is 34.4 Å². The minimum atomic E-state index is -0.351. The van der Waals surface area contributed by atoms with Crippen molar-refractivity contribution in [3.05, 3.63) is 10.1 Å². The van der Waals surface area contributed by atoms with Gasteiger partial charge in [0, 0.05) is 19.0 Å². The molecule has 0 aromatic rings. The van der Waals surface area contributed by atoms with E-state index in [1.54, 1.807) is 0 Å².